The Labute approximate surface area is 157 Å². The Kier molecular flexibility index (Phi) is 2.89. The average molecular weight is 345 g/mol. The molecule has 4 aromatic rings. The molecule has 3 nitrogen and oxygen atoms in total. The van der Waals surface area contributed by atoms with Gasteiger partial charge < -0.3 is 4.42 Å². The van der Waals surface area contributed by atoms with Gasteiger partial charge in [0.05, 0.1) is 5.69 Å². The van der Waals surface area contributed by atoms with E-state index < -0.39 is 6.85 Å². The molecule has 0 unspecified atom stereocenters. The van der Waals surface area contributed by atoms with E-state index in [2.05, 4.69) is 9.97 Å². The summed E-state index contributed by atoms with van der Waals surface area (Å²) in [6.45, 7) is -0.215. The summed E-state index contributed by atoms with van der Waals surface area (Å²) in [7, 11) is 0. The number of pyridine rings is 2. The molecule has 0 aliphatic heterocycles. The molecule has 130 valence electrons. The van der Waals surface area contributed by atoms with Crippen LogP contribution in [-0.4, -0.2) is 9.97 Å². The second-order valence-electron chi connectivity index (χ2n) is 7.23. The van der Waals surface area contributed by atoms with Crippen molar-refractivity contribution in [1.82, 2.24) is 9.97 Å². The summed E-state index contributed by atoms with van der Waals surface area (Å²) in [6.07, 6.45) is 5.90. The molecular formula is C23H22N2O. The number of fused-ring (bicyclic) bond motifs is 3. The van der Waals surface area contributed by atoms with E-state index in [9.17, 15) is 0 Å². The molecule has 0 amide bonds. The molecule has 1 aromatic carbocycles. The van der Waals surface area contributed by atoms with E-state index in [0.717, 1.165) is 64.6 Å². The lowest BCUT2D eigenvalue weighted by Crippen LogP contribution is -1.98. The second-order valence-corrected chi connectivity index (χ2v) is 7.23. The molecular weight excluding hydrogens is 320 g/mol. The molecule has 3 heterocycles. The van der Waals surface area contributed by atoms with E-state index in [1.807, 2.05) is 43.3 Å². The van der Waals surface area contributed by atoms with Crippen LogP contribution in [0.2, 0.25) is 0 Å². The van der Waals surface area contributed by atoms with Crippen molar-refractivity contribution in [1.29, 1.82) is 0 Å². The van der Waals surface area contributed by atoms with Crippen molar-refractivity contribution in [3.05, 3.63) is 59.4 Å². The topological polar surface area (TPSA) is 38.9 Å². The number of benzene rings is 1. The fourth-order valence-corrected chi connectivity index (χ4v) is 4.17. The molecule has 0 radical (unpaired) electrons. The van der Waals surface area contributed by atoms with Crippen molar-refractivity contribution >= 4 is 22.1 Å². The Morgan fingerprint density at radius 2 is 2.00 bits per heavy atom. The Bertz CT molecular complexity index is 1220. The van der Waals surface area contributed by atoms with E-state index in [1.165, 1.54) is 0 Å². The van der Waals surface area contributed by atoms with Crippen molar-refractivity contribution in [2.24, 2.45) is 0 Å². The summed E-state index contributed by atoms with van der Waals surface area (Å²) in [5.74, 6) is 0.284. The minimum atomic E-state index is -2.16. The monoisotopic (exact) mass is 345 g/mol. The quantitative estimate of drug-likeness (QED) is 0.427. The SMILES string of the molecule is [2H]C([2H])([2H])c1cnc(-c2cccc3c2oc2nc(C)ccc23)cc1C1CCCC1. The van der Waals surface area contributed by atoms with Crippen molar-refractivity contribution in [3.63, 3.8) is 0 Å². The molecule has 3 aromatic heterocycles. The van der Waals surface area contributed by atoms with Crippen LogP contribution in [0.15, 0.2) is 47.0 Å². The summed E-state index contributed by atoms with van der Waals surface area (Å²) < 4.78 is 30.0. The molecule has 3 heteroatoms. The second kappa shape index (κ2) is 5.94. The van der Waals surface area contributed by atoms with Gasteiger partial charge in [-0.25, -0.2) is 4.98 Å². The maximum atomic E-state index is 7.94. The molecule has 0 spiro atoms. The van der Waals surface area contributed by atoms with Crippen LogP contribution in [0.5, 0.6) is 0 Å². The first-order valence-corrected chi connectivity index (χ1v) is 9.21. The Morgan fingerprint density at radius 1 is 1.12 bits per heavy atom. The minimum absolute atomic E-state index is 0.284. The largest absolute Gasteiger partial charge is 0.437 e. The number of aromatic nitrogens is 2. The summed E-state index contributed by atoms with van der Waals surface area (Å²) in [6, 6.07) is 12.0. The third kappa shape index (κ3) is 2.42. The Morgan fingerprint density at radius 3 is 2.85 bits per heavy atom. The van der Waals surface area contributed by atoms with E-state index in [0.29, 0.717) is 11.3 Å². The van der Waals surface area contributed by atoms with E-state index in [4.69, 9.17) is 8.53 Å². The van der Waals surface area contributed by atoms with Gasteiger partial charge in [0.2, 0.25) is 5.71 Å². The lowest BCUT2D eigenvalue weighted by atomic mass is 9.93. The van der Waals surface area contributed by atoms with Gasteiger partial charge in [0.15, 0.2) is 0 Å². The zero-order chi connectivity index (χ0) is 20.2. The zero-order valence-corrected chi connectivity index (χ0v) is 14.7. The highest BCUT2D eigenvalue weighted by molar-refractivity contribution is 6.08. The van der Waals surface area contributed by atoms with Crippen LogP contribution in [0.1, 0.15) is 52.5 Å². The van der Waals surface area contributed by atoms with Crippen LogP contribution in [0.25, 0.3) is 33.3 Å². The lowest BCUT2D eigenvalue weighted by molar-refractivity contribution is 0.653. The van der Waals surface area contributed by atoms with E-state index in [-0.39, 0.29) is 5.92 Å². The predicted molar refractivity (Wildman–Crippen MR) is 105 cm³/mol. The van der Waals surface area contributed by atoms with Gasteiger partial charge in [-0.3, -0.25) is 4.98 Å². The molecule has 5 rings (SSSR count). The highest BCUT2D eigenvalue weighted by atomic mass is 16.3. The van der Waals surface area contributed by atoms with Crippen LogP contribution < -0.4 is 0 Å². The summed E-state index contributed by atoms with van der Waals surface area (Å²) in [5.41, 5.74) is 5.17. The summed E-state index contributed by atoms with van der Waals surface area (Å²) in [5, 5.41) is 1.97. The Balaban J connectivity index is 1.72. The van der Waals surface area contributed by atoms with Gasteiger partial charge in [-0.15, -0.1) is 0 Å². The lowest BCUT2D eigenvalue weighted by Gasteiger charge is -2.14. The molecule has 0 bridgehead atoms. The predicted octanol–water partition coefficient (Wildman–Crippen LogP) is 6.32. The number of furan rings is 1. The Hall–Kier alpha value is -2.68. The van der Waals surface area contributed by atoms with Crippen LogP contribution in [-0.2, 0) is 0 Å². The van der Waals surface area contributed by atoms with Gasteiger partial charge in [-0.2, -0.15) is 0 Å². The molecule has 26 heavy (non-hydrogen) atoms. The number of rotatable bonds is 2. The first-order valence-electron chi connectivity index (χ1n) is 10.7. The fraction of sp³-hybridized carbons (Fsp3) is 0.304. The first kappa shape index (κ1) is 12.6. The smallest absolute Gasteiger partial charge is 0.227 e. The highest BCUT2D eigenvalue weighted by Crippen LogP contribution is 2.39. The van der Waals surface area contributed by atoms with Gasteiger partial charge in [0.1, 0.15) is 5.58 Å². The third-order valence-corrected chi connectivity index (χ3v) is 5.51. The number of aryl methyl sites for hydroxylation is 2. The van der Waals surface area contributed by atoms with Crippen molar-refractivity contribution in [2.45, 2.75) is 45.4 Å². The number of hydrogen-bond acceptors (Lipinski definition) is 3. The summed E-state index contributed by atoms with van der Waals surface area (Å²) in [4.78, 5) is 9.06. The van der Waals surface area contributed by atoms with Crippen LogP contribution in [0.3, 0.4) is 0 Å². The first-order chi connectivity index (χ1) is 13.9. The van der Waals surface area contributed by atoms with Crippen molar-refractivity contribution < 1.29 is 8.53 Å². The standard InChI is InChI=1S/C23H22N2O/c1-14-13-24-21(12-20(14)16-6-3-4-7-16)19-9-5-8-17-18-11-10-15(2)25-23(18)26-22(17)19/h5,8-13,16H,3-4,6-7H2,1-2H3/i1D3. The van der Waals surface area contributed by atoms with Gasteiger partial charge in [-0.1, -0.05) is 25.0 Å². The maximum Gasteiger partial charge on any atom is 0.227 e. The normalized spacial score (nSPS) is 17.5. The molecule has 1 saturated carbocycles. The average Bonchev–Trinajstić information content (AvgIpc) is 3.34. The van der Waals surface area contributed by atoms with E-state index in [1.54, 1.807) is 6.20 Å². The summed E-state index contributed by atoms with van der Waals surface area (Å²) >= 11 is 0. The van der Waals surface area contributed by atoms with Crippen LogP contribution >= 0.6 is 0 Å². The highest BCUT2D eigenvalue weighted by Gasteiger charge is 2.21. The zero-order valence-electron chi connectivity index (χ0n) is 17.7. The molecule has 0 saturated heterocycles. The number of nitrogens with zero attached hydrogens (tertiary/aromatic N) is 2. The maximum absolute atomic E-state index is 7.94. The molecule has 0 N–H and O–H groups in total. The van der Waals surface area contributed by atoms with Gasteiger partial charge in [0, 0.05) is 32.3 Å². The molecule has 1 aliphatic carbocycles. The minimum Gasteiger partial charge on any atom is -0.437 e. The number of hydrogen-bond donors (Lipinski definition) is 0. The van der Waals surface area contributed by atoms with Gasteiger partial charge in [-0.05, 0) is 67.9 Å². The number of para-hydroxylation sites is 1. The third-order valence-electron chi connectivity index (χ3n) is 5.51. The molecule has 1 aliphatic rings. The molecule has 0 atom stereocenters. The van der Waals surface area contributed by atoms with Crippen molar-refractivity contribution in [3.8, 4) is 11.3 Å². The fourth-order valence-electron chi connectivity index (χ4n) is 4.17. The van der Waals surface area contributed by atoms with Gasteiger partial charge in [0.25, 0.3) is 0 Å². The molecule has 1 fully saturated rings. The van der Waals surface area contributed by atoms with E-state index >= 15 is 0 Å². The van der Waals surface area contributed by atoms with Crippen LogP contribution in [0.4, 0.5) is 0 Å². The van der Waals surface area contributed by atoms with Gasteiger partial charge >= 0.3 is 0 Å². The van der Waals surface area contributed by atoms with Crippen LogP contribution in [0, 0.1) is 13.8 Å². The van der Waals surface area contributed by atoms with Crippen molar-refractivity contribution in [2.75, 3.05) is 0 Å².